The molecule has 2 saturated heterocycles. The first-order valence-corrected chi connectivity index (χ1v) is 7.05. The molecule has 1 atom stereocenters. The summed E-state index contributed by atoms with van der Waals surface area (Å²) in [4.78, 5) is 27.6. The van der Waals surface area contributed by atoms with E-state index in [0.29, 0.717) is 12.3 Å². The molecule has 2 aliphatic heterocycles. The molecule has 0 N–H and O–H groups in total. The third-order valence-corrected chi connectivity index (χ3v) is 4.48. The topological polar surface area (TPSA) is 66.7 Å². The molecule has 2 fully saturated rings. The second kappa shape index (κ2) is 4.92. The fourth-order valence-corrected chi connectivity index (χ4v) is 3.40. The molecule has 0 unspecified atom stereocenters. The second-order valence-corrected chi connectivity index (χ2v) is 5.90. The maximum absolute atomic E-state index is 12.3. The Labute approximate surface area is 117 Å². The maximum atomic E-state index is 12.3. The number of hydrogen-bond acceptors (Lipinski definition) is 4. The molecule has 2 amide bonds. The van der Waals surface area contributed by atoms with Crippen LogP contribution in [0.5, 0.6) is 0 Å². The van der Waals surface area contributed by atoms with Gasteiger partial charge in [-0.2, -0.15) is 0 Å². The summed E-state index contributed by atoms with van der Waals surface area (Å²) >= 11 is 0. The summed E-state index contributed by atoms with van der Waals surface area (Å²) in [6, 6.07) is 1.59. The summed E-state index contributed by atoms with van der Waals surface area (Å²) in [5, 5.41) is 3.58. The van der Waals surface area contributed by atoms with Gasteiger partial charge in [-0.25, -0.2) is 0 Å². The largest absolute Gasteiger partial charge is 0.351 e. The van der Waals surface area contributed by atoms with Crippen molar-refractivity contribution >= 4 is 11.8 Å². The quantitative estimate of drug-likeness (QED) is 0.772. The number of aromatic nitrogens is 1. The van der Waals surface area contributed by atoms with Crippen molar-refractivity contribution in [2.45, 2.75) is 26.2 Å². The first-order chi connectivity index (χ1) is 9.60. The van der Waals surface area contributed by atoms with E-state index in [9.17, 15) is 9.59 Å². The summed E-state index contributed by atoms with van der Waals surface area (Å²) in [7, 11) is 0. The number of carbonyl (C=O) groups excluding carboxylic acids is 2. The molecule has 3 rings (SSSR count). The molecule has 6 nitrogen and oxygen atoms in total. The zero-order valence-electron chi connectivity index (χ0n) is 11.7. The van der Waals surface area contributed by atoms with E-state index in [4.69, 9.17) is 4.52 Å². The van der Waals surface area contributed by atoms with Crippen molar-refractivity contribution in [1.29, 1.82) is 0 Å². The van der Waals surface area contributed by atoms with E-state index in [1.807, 2.05) is 9.80 Å². The molecule has 1 aromatic rings. The maximum Gasteiger partial charge on any atom is 0.292 e. The van der Waals surface area contributed by atoms with Crippen LogP contribution in [-0.2, 0) is 4.79 Å². The summed E-state index contributed by atoms with van der Waals surface area (Å²) < 4.78 is 4.94. The number of amides is 2. The van der Waals surface area contributed by atoms with Crippen LogP contribution in [-0.4, -0.2) is 52.9 Å². The van der Waals surface area contributed by atoms with Crippen LogP contribution in [0.3, 0.4) is 0 Å². The lowest BCUT2D eigenvalue weighted by Crippen LogP contribution is -2.47. The highest BCUT2D eigenvalue weighted by Crippen LogP contribution is 2.39. The van der Waals surface area contributed by atoms with Gasteiger partial charge in [0, 0.05) is 44.6 Å². The molecular weight excluding hydrogens is 258 g/mol. The van der Waals surface area contributed by atoms with Crippen molar-refractivity contribution < 1.29 is 14.1 Å². The molecule has 0 aromatic carbocycles. The van der Waals surface area contributed by atoms with Crippen LogP contribution >= 0.6 is 0 Å². The monoisotopic (exact) mass is 277 g/mol. The number of rotatable bonds is 1. The highest BCUT2D eigenvalue weighted by atomic mass is 16.5. The molecular formula is C14H19N3O3. The summed E-state index contributed by atoms with van der Waals surface area (Å²) in [5.74, 6) is 0.324. The molecule has 0 aliphatic carbocycles. The Morgan fingerprint density at radius 1 is 1.25 bits per heavy atom. The van der Waals surface area contributed by atoms with Gasteiger partial charge in [-0.1, -0.05) is 5.16 Å². The fraction of sp³-hybridized carbons (Fsp3) is 0.643. The molecule has 1 spiro atoms. The first-order valence-electron chi connectivity index (χ1n) is 7.05. The predicted molar refractivity (Wildman–Crippen MR) is 70.9 cm³/mol. The summed E-state index contributed by atoms with van der Waals surface area (Å²) in [6.07, 6.45) is 4.54. The van der Waals surface area contributed by atoms with Crippen LogP contribution in [0, 0.1) is 5.41 Å². The Balaban J connectivity index is 1.69. The standard InChI is InChI=1S/C14H19N3O3/c1-11(18)16-7-2-4-14(9-16)5-8-17(10-14)13(19)12-3-6-15-20-12/h3,6H,2,4-5,7-10H2,1H3/t14-/m0/s1. The number of carbonyl (C=O) groups is 2. The number of hydrogen-bond donors (Lipinski definition) is 0. The molecule has 3 heterocycles. The number of nitrogens with zero attached hydrogens (tertiary/aromatic N) is 3. The Hall–Kier alpha value is -1.85. The molecule has 0 saturated carbocycles. The molecule has 0 radical (unpaired) electrons. The van der Waals surface area contributed by atoms with Crippen molar-refractivity contribution in [2.75, 3.05) is 26.2 Å². The van der Waals surface area contributed by atoms with Crippen LogP contribution in [0.1, 0.15) is 36.7 Å². The van der Waals surface area contributed by atoms with Gasteiger partial charge in [0.05, 0.1) is 6.20 Å². The Bertz CT molecular complexity index is 514. The van der Waals surface area contributed by atoms with E-state index in [1.165, 1.54) is 6.20 Å². The van der Waals surface area contributed by atoms with E-state index in [-0.39, 0.29) is 17.2 Å². The first kappa shape index (κ1) is 13.1. The average Bonchev–Trinajstić information content (AvgIpc) is 3.08. The normalized spacial score (nSPS) is 26.2. The Morgan fingerprint density at radius 3 is 2.75 bits per heavy atom. The zero-order chi connectivity index (χ0) is 14.2. The Kier molecular flexibility index (Phi) is 3.23. The van der Waals surface area contributed by atoms with Crippen molar-refractivity contribution in [2.24, 2.45) is 5.41 Å². The van der Waals surface area contributed by atoms with Crippen LogP contribution in [0.4, 0.5) is 0 Å². The van der Waals surface area contributed by atoms with Crippen molar-refractivity contribution in [3.63, 3.8) is 0 Å². The minimum atomic E-state index is -0.0978. The van der Waals surface area contributed by atoms with E-state index >= 15 is 0 Å². The lowest BCUT2D eigenvalue weighted by Gasteiger charge is -2.39. The number of piperidine rings is 1. The molecule has 20 heavy (non-hydrogen) atoms. The van der Waals surface area contributed by atoms with Crippen LogP contribution in [0.2, 0.25) is 0 Å². The second-order valence-electron chi connectivity index (χ2n) is 5.90. The van der Waals surface area contributed by atoms with Crippen molar-refractivity contribution in [1.82, 2.24) is 15.0 Å². The smallest absolute Gasteiger partial charge is 0.292 e. The third-order valence-electron chi connectivity index (χ3n) is 4.48. The molecule has 1 aromatic heterocycles. The minimum Gasteiger partial charge on any atom is -0.351 e. The molecule has 0 bridgehead atoms. The average molecular weight is 277 g/mol. The Morgan fingerprint density at radius 2 is 2.05 bits per heavy atom. The fourth-order valence-electron chi connectivity index (χ4n) is 3.40. The van der Waals surface area contributed by atoms with Gasteiger partial charge in [-0.3, -0.25) is 9.59 Å². The van der Waals surface area contributed by atoms with Crippen LogP contribution < -0.4 is 0 Å². The molecule has 6 heteroatoms. The minimum absolute atomic E-state index is 0.0690. The highest BCUT2D eigenvalue weighted by molar-refractivity contribution is 5.91. The van der Waals surface area contributed by atoms with Gasteiger partial charge >= 0.3 is 0 Å². The van der Waals surface area contributed by atoms with Gasteiger partial charge in [0.1, 0.15) is 0 Å². The van der Waals surface area contributed by atoms with Crippen molar-refractivity contribution in [3.05, 3.63) is 18.0 Å². The number of likely N-dealkylation sites (tertiary alicyclic amines) is 2. The van der Waals surface area contributed by atoms with Crippen molar-refractivity contribution in [3.8, 4) is 0 Å². The van der Waals surface area contributed by atoms with E-state index in [2.05, 4.69) is 5.16 Å². The molecule has 2 aliphatic rings. The van der Waals surface area contributed by atoms with Crippen LogP contribution in [0.25, 0.3) is 0 Å². The summed E-state index contributed by atoms with van der Waals surface area (Å²) in [5.41, 5.74) is 0.0690. The van der Waals surface area contributed by atoms with Gasteiger partial charge in [0.25, 0.3) is 5.91 Å². The van der Waals surface area contributed by atoms with E-state index in [0.717, 1.165) is 38.9 Å². The predicted octanol–water partition coefficient (Wildman–Crippen LogP) is 1.15. The summed E-state index contributed by atoms with van der Waals surface area (Å²) in [6.45, 7) is 4.66. The SMILES string of the molecule is CC(=O)N1CCC[C@]2(CCN(C(=O)c3ccno3)C2)C1. The van der Waals surface area contributed by atoms with Gasteiger partial charge < -0.3 is 14.3 Å². The third kappa shape index (κ3) is 2.30. The van der Waals surface area contributed by atoms with Gasteiger partial charge in [0.15, 0.2) is 0 Å². The highest BCUT2D eigenvalue weighted by Gasteiger charge is 2.43. The molecule has 108 valence electrons. The van der Waals surface area contributed by atoms with Gasteiger partial charge in [0.2, 0.25) is 11.7 Å². The van der Waals surface area contributed by atoms with Gasteiger partial charge in [-0.05, 0) is 19.3 Å². The zero-order valence-corrected chi connectivity index (χ0v) is 11.7. The van der Waals surface area contributed by atoms with E-state index in [1.54, 1.807) is 13.0 Å². The van der Waals surface area contributed by atoms with E-state index < -0.39 is 0 Å². The van der Waals surface area contributed by atoms with Gasteiger partial charge in [-0.15, -0.1) is 0 Å². The lowest BCUT2D eigenvalue weighted by molar-refractivity contribution is -0.132. The lowest BCUT2D eigenvalue weighted by atomic mass is 9.79. The van der Waals surface area contributed by atoms with Crippen LogP contribution in [0.15, 0.2) is 16.8 Å².